The van der Waals surface area contributed by atoms with Gasteiger partial charge in [-0.3, -0.25) is 57.5 Å². The van der Waals surface area contributed by atoms with Crippen LogP contribution in [0.4, 0.5) is 0 Å². The van der Waals surface area contributed by atoms with E-state index in [9.17, 15) is 98.1 Å². The van der Waals surface area contributed by atoms with E-state index in [0.29, 0.717) is 11.3 Å². The number of hydrogen-bond acceptors (Lipinski definition) is 21. The third-order valence-electron chi connectivity index (χ3n) is 14.2. The smallest absolute Gasteiger partial charge is 0.326 e. The molecule has 2 heterocycles. The number of carbonyl (C=O) groups is 13. The normalized spacial score (nSPS) is 18.5. The number of benzene rings is 1. The summed E-state index contributed by atoms with van der Waals surface area (Å²) in [5, 5.41) is 91.3. The largest absolute Gasteiger partial charge is 0.508 e. The molecule has 3 rings (SSSR count). The van der Waals surface area contributed by atoms with E-state index >= 15 is 0 Å². The predicted octanol–water partition coefficient (Wildman–Crippen LogP) is -8.26. The van der Waals surface area contributed by atoms with Gasteiger partial charge in [0.25, 0.3) is 0 Å². The second kappa shape index (κ2) is 35.8. The molecule has 13 atom stereocenters. The number of aliphatic carboxylic acids is 1. The monoisotopic (exact) mass is 1250 g/mol. The van der Waals surface area contributed by atoms with E-state index < -0.39 is 194 Å². The number of primary amides is 1. The van der Waals surface area contributed by atoms with Crippen molar-refractivity contribution in [3.8, 4) is 5.75 Å². The number of carbonyl (C=O) groups excluding carboxylic acids is 12. The minimum absolute atomic E-state index is 0.0143. The summed E-state index contributed by atoms with van der Waals surface area (Å²) < 4.78 is 0. The molecular weight excluding hydrogens is 1170 g/mol. The number of phenolic OH excluding ortho intramolecular Hbond substituents is 1. The molecule has 1 aromatic rings. The summed E-state index contributed by atoms with van der Waals surface area (Å²) in [5.74, 6) is -13.6. The van der Waals surface area contributed by atoms with Gasteiger partial charge in [-0.25, -0.2) is 4.79 Å². The van der Waals surface area contributed by atoms with Crippen LogP contribution in [-0.4, -0.2) is 253 Å². The summed E-state index contributed by atoms with van der Waals surface area (Å²) in [5.41, 5.74) is 11.6. The molecule has 1 aromatic carbocycles. The number of aliphatic hydroxyl groups is 5. The number of nitrogens with zero attached hydrogens (tertiary/aromatic N) is 2. The molecule has 2 fully saturated rings. The molecule has 0 unspecified atom stereocenters. The van der Waals surface area contributed by atoms with E-state index in [-0.39, 0.29) is 63.8 Å². The molecule has 486 valence electrons. The minimum Gasteiger partial charge on any atom is -0.508 e. The summed E-state index contributed by atoms with van der Waals surface area (Å²) in [4.78, 5) is 174. The van der Waals surface area contributed by atoms with Crippen molar-refractivity contribution in [2.75, 3.05) is 51.5 Å². The Bertz CT molecular complexity index is 2600. The van der Waals surface area contributed by atoms with Gasteiger partial charge < -0.3 is 105 Å². The second-order valence-corrected chi connectivity index (χ2v) is 22.3. The summed E-state index contributed by atoms with van der Waals surface area (Å²) >= 11 is 1.43. The highest BCUT2D eigenvalue weighted by Crippen LogP contribution is 2.21. The van der Waals surface area contributed by atoms with Crippen molar-refractivity contribution in [1.82, 2.24) is 57.7 Å². The minimum atomic E-state index is -1.85. The fourth-order valence-electron chi connectivity index (χ4n) is 9.26. The Morgan fingerprint density at radius 1 is 0.563 bits per heavy atom. The number of carboxylic acids is 1. The Balaban J connectivity index is 1.64. The zero-order valence-corrected chi connectivity index (χ0v) is 49.7. The van der Waals surface area contributed by atoms with Crippen LogP contribution in [0.15, 0.2) is 24.3 Å². The number of carboxylic acid groups (broad SMARTS) is 1. The van der Waals surface area contributed by atoms with Gasteiger partial charge in [0, 0.05) is 25.9 Å². The quantitative estimate of drug-likeness (QED) is 0.0300. The van der Waals surface area contributed by atoms with Gasteiger partial charge in [-0.15, -0.1) is 0 Å². The van der Waals surface area contributed by atoms with Crippen LogP contribution in [0.3, 0.4) is 0 Å². The fraction of sp³-hybridized carbons (Fsp3) is 0.642. The Hall–Kier alpha value is -7.76. The Morgan fingerprint density at radius 3 is 1.49 bits per heavy atom. The Labute approximate surface area is 505 Å². The van der Waals surface area contributed by atoms with Crippen molar-refractivity contribution >= 4 is 88.6 Å². The average molecular weight is 1250 g/mol. The molecule has 20 N–H and O–H groups in total. The molecule has 0 aliphatic carbocycles. The fourth-order valence-corrected chi connectivity index (χ4v) is 9.75. The number of likely N-dealkylation sites (tertiary alicyclic amines) is 2. The van der Waals surface area contributed by atoms with Gasteiger partial charge in [-0.1, -0.05) is 26.0 Å². The van der Waals surface area contributed by atoms with Gasteiger partial charge in [0.2, 0.25) is 70.9 Å². The maximum atomic E-state index is 13.8. The van der Waals surface area contributed by atoms with Crippen LogP contribution in [0.25, 0.3) is 0 Å². The van der Waals surface area contributed by atoms with Crippen LogP contribution in [0.1, 0.15) is 78.2 Å². The van der Waals surface area contributed by atoms with Crippen LogP contribution >= 0.6 is 11.8 Å². The molecule has 87 heavy (non-hydrogen) atoms. The molecule has 2 saturated heterocycles. The highest BCUT2D eigenvalue weighted by molar-refractivity contribution is 7.98. The molecule has 0 bridgehead atoms. The molecule has 0 radical (unpaired) electrons. The van der Waals surface area contributed by atoms with Crippen LogP contribution < -0.4 is 59.3 Å². The molecule has 0 saturated carbocycles. The highest BCUT2D eigenvalue weighted by atomic mass is 32.2. The number of thioether (sulfide) groups is 1. The van der Waals surface area contributed by atoms with Crippen molar-refractivity contribution in [2.24, 2.45) is 17.4 Å². The summed E-state index contributed by atoms with van der Waals surface area (Å²) in [6.45, 7) is 1.18. The third-order valence-corrected chi connectivity index (χ3v) is 14.9. The topological polar surface area (TPSA) is 530 Å². The number of hydrogen-bond donors (Lipinski definition) is 18. The van der Waals surface area contributed by atoms with E-state index in [1.807, 2.05) is 0 Å². The SMILES string of the molecule is CSCC[C@H](N)C(=O)N[C@@H](CO)C(=O)N[C@@H](CO)C(=O)N1CCC[C@H]1C(=O)N[C@H](C(=O)N[C@H](C(=O)N[C@@H](CO)C(=O)N[C@@H](CO)C(=O)N[C@@H](C)C(=O)N1CCC[C@H]1C(=O)N[C@@H](CCC(N)=O)C(=O)N[C@@H](Cc1ccc(O)cc1)C(=O)O)C(C)C)[C@@H](C)O. The lowest BCUT2D eigenvalue weighted by atomic mass is 10.0. The lowest BCUT2D eigenvalue weighted by Crippen LogP contribution is -2.63. The molecule has 2 aliphatic heterocycles. The van der Waals surface area contributed by atoms with Gasteiger partial charge in [0.1, 0.15) is 72.2 Å². The van der Waals surface area contributed by atoms with Crippen molar-refractivity contribution < 1.29 is 98.1 Å². The van der Waals surface area contributed by atoms with Gasteiger partial charge in [-0.2, -0.15) is 11.8 Å². The van der Waals surface area contributed by atoms with Crippen molar-refractivity contribution in [2.45, 2.75) is 158 Å². The number of nitrogens with one attached hydrogen (secondary N) is 9. The van der Waals surface area contributed by atoms with Crippen LogP contribution in [0.5, 0.6) is 5.75 Å². The van der Waals surface area contributed by atoms with E-state index in [2.05, 4.69) is 47.9 Å². The van der Waals surface area contributed by atoms with E-state index in [0.717, 1.165) is 16.7 Å². The number of amides is 12. The van der Waals surface area contributed by atoms with E-state index in [1.54, 1.807) is 6.26 Å². The number of phenols is 1. The first-order chi connectivity index (χ1) is 41.0. The lowest BCUT2D eigenvalue weighted by Gasteiger charge is -2.31. The summed E-state index contributed by atoms with van der Waals surface area (Å²) in [6.07, 6.45) is 0.0459. The Morgan fingerprint density at radius 2 is 1.01 bits per heavy atom. The van der Waals surface area contributed by atoms with Gasteiger partial charge in [0.15, 0.2) is 0 Å². The molecule has 34 heteroatoms. The van der Waals surface area contributed by atoms with Crippen molar-refractivity contribution in [3.05, 3.63) is 29.8 Å². The molecule has 0 spiro atoms. The standard InChI is InChI=1S/C53H83N13O20S/c1-25(2)40(63-50(82)41(27(4)71)64-48(80)38-9-7-18-66(38)52(84)36(24-70)62-46(78)34(22-68)59-42(74)30(54)16-19-87-5)49(81)61-35(23-69)45(77)60-33(21-67)44(76)56-26(3)51(83)65-17-6-8-37(65)47(79)57-31(14-15-39(55)73)43(75)58-32(53(85)86)20-28-10-12-29(72)13-11-28/h10-13,25-27,30-38,40-41,67-72H,6-9,14-24,54H2,1-5H3,(H2,55,73)(H,56,76)(H,57,79)(H,58,75)(H,59,74)(H,60,77)(H,61,81)(H,62,78)(H,63,82)(H,64,80)(H,85,86)/t26-,27+,30-,31-,32-,33-,34-,35-,36-,37-,38-,40-,41-/m0/s1. The second-order valence-electron chi connectivity index (χ2n) is 21.3. The van der Waals surface area contributed by atoms with Crippen LogP contribution in [-0.2, 0) is 68.7 Å². The number of rotatable bonds is 35. The maximum absolute atomic E-state index is 13.8. The number of aromatic hydroxyl groups is 1. The first-order valence-electron chi connectivity index (χ1n) is 28.0. The van der Waals surface area contributed by atoms with Crippen molar-refractivity contribution in [1.29, 1.82) is 0 Å². The number of aliphatic hydroxyl groups excluding tert-OH is 5. The number of nitrogens with two attached hydrogens (primary N) is 2. The molecule has 2 aliphatic rings. The van der Waals surface area contributed by atoms with E-state index in [1.165, 1.54) is 56.8 Å². The lowest BCUT2D eigenvalue weighted by molar-refractivity contribution is -0.144. The molecule has 12 amide bonds. The molecular formula is C53H83N13O20S. The third kappa shape index (κ3) is 22.2. The first-order valence-corrected chi connectivity index (χ1v) is 29.4. The van der Waals surface area contributed by atoms with E-state index in [4.69, 9.17) is 11.5 Å². The highest BCUT2D eigenvalue weighted by Gasteiger charge is 2.43. The van der Waals surface area contributed by atoms with Gasteiger partial charge in [-0.05, 0) is 88.0 Å². The zero-order valence-electron chi connectivity index (χ0n) is 48.9. The van der Waals surface area contributed by atoms with Gasteiger partial charge in [0.05, 0.1) is 38.6 Å². The molecule has 33 nitrogen and oxygen atoms in total. The van der Waals surface area contributed by atoms with Crippen molar-refractivity contribution in [3.63, 3.8) is 0 Å². The summed E-state index contributed by atoms with van der Waals surface area (Å²) in [7, 11) is 0. The zero-order chi connectivity index (χ0) is 65.4. The first kappa shape index (κ1) is 73.5. The van der Waals surface area contributed by atoms with Crippen LogP contribution in [0, 0.1) is 5.92 Å². The maximum Gasteiger partial charge on any atom is 0.326 e. The molecule has 0 aromatic heterocycles. The average Bonchev–Trinajstić information content (AvgIpc) is 2.83. The van der Waals surface area contributed by atoms with Gasteiger partial charge >= 0.3 is 5.97 Å². The van der Waals surface area contributed by atoms with Crippen LogP contribution in [0.2, 0.25) is 0 Å². The Kier molecular flexibility index (Phi) is 30.2. The summed E-state index contributed by atoms with van der Waals surface area (Å²) in [6, 6.07) is -12.7. The predicted molar refractivity (Wildman–Crippen MR) is 306 cm³/mol.